The molecule has 0 spiro atoms. The van der Waals surface area contributed by atoms with Crippen LogP contribution in [0.5, 0.6) is 5.75 Å². The van der Waals surface area contributed by atoms with Crippen LogP contribution in [0.15, 0.2) is 48.5 Å². The molecule has 0 aliphatic carbocycles. The van der Waals surface area contributed by atoms with Crippen molar-refractivity contribution in [2.45, 2.75) is 18.9 Å². The van der Waals surface area contributed by atoms with Crippen LogP contribution in [0.1, 0.15) is 23.7 Å². The average Bonchev–Trinajstić information content (AvgIpc) is 3.05. The van der Waals surface area contributed by atoms with Crippen LogP contribution in [0.2, 0.25) is 0 Å². The monoisotopic (exact) mass is 370 g/mol. The van der Waals surface area contributed by atoms with Gasteiger partial charge in [0.2, 0.25) is 5.91 Å². The van der Waals surface area contributed by atoms with Crippen LogP contribution >= 0.6 is 0 Å². The molecule has 2 N–H and O–H groups in total. The first-order chi connectivity index (χ1) is 12.9. The molecule has 2 aromatic rings. The number of esters is 1. The van der Waals surface area contributed by atoms with Gasteiger partial charge in [0.1, 0.15) is 11.9 Å². The van der Waals surface area contributed by atoms with E-state index in [4.69, 9.17) is 4.74 Å². The fourth-order valence-electron chi connectivity index (χ4n) is 3.00. The Labute approximate surface area is 154 Å². The van der Waals surface area contributed by atoms with Gasteiger partial charge < -0.3 is 15.2 Å². The lowest BCUT2D eigenvalue weighted by Gasteiger charge is -2.17. The zero-order chi connectivity index (χ0) is 19.4. The van der Waals surface area contributed by atoms with Crippen LogP contribution in [-0.4, -0.2) is 28.5 Å². The maximum absolute atomic E-state index is 12.5. The molecule has 0 saturated carbocycles. The number of carbonyl (C=O) groups excluding carboxylic acids is 2. The normalized spacial score (nSPS) is 18.7. The van der Waals surface area contributed by atoms with E-state index in [2.05, 4.69) is 5.32 Å². The standard InChI is InChI=1S/C19H18N2O6/c22-15-7-1-12(2-8-15)9-10-20-19(24)16-11-17(23)27-18(16)13-3-5-14(6-4-13)21(25)26/h1-8,16,18,22H,9-11H2,(H,20,24)/t16-,18?/m0/s1. The number of ether oxygens (including phenoxy) is 1. The van der Waals surface area contributed by atoms with Gasteiger partial charge in [-0.1, -0.05) is 12.1 Å². The number of nitro benzene ring substituents is 1. The van der Waals surface area contributed by atoms with Crippen LogP contribution in [0, 0.1) is 16.0 Å². The summed E-state index contributed by atoms with van der Waals surface area (Å²) in [6, 6.07) is 12.3. The first-order valence-corrected chi connectivity index (χ1v) is 8.43. The number of phenols is 1. The van der Waals surface area contributed by atoms with E-state index in [1.165, 1.54) is 24.3 Å². The molecule has 1 saturated heterocycles. The fraction of sp³-hybridized carbons (Fsp3) is 0.263. The summed E-state index contributed by atoms with van der Waals surface area (Å²) in [7, 11) is 0. The van der Waals surface area contributed by atoms with Crippen molar-refractivity contribution in [1.82, 2.24) is 5.32 Å². The largest absolute Gasteiger partial charge is 0.508 e. The second-order valence-corrected chi connectivity index (χ2v) is 6.28. The highest BCUT2D eigenvalue weighted by Crippen LogP contribution is 2.36. The Morgan fingerprint density at radius 2 is 1.85 bits per heavy atom. The second kappa shape index (κ2) is 7.86. The number of nitrogens with zero attached hydrogens (tertiary/aromatic N) is 1. The van der Waals surface area contributed by atoms with Gasteiger partial charge in [-0.25, -0.2) is 0 Å². The molecule has 8 nitrogen and oxygen atoms in total. The van der Waals surface area contributed by atoms with E-state index in [-0.39, 0.29) is 23.8 Å². The Kier molecular flexibility index (Phi) is 5.35. The lowest BCUT2D eigenvalue weighted by Crippen LogP contribution is -2.33. The number of rotatable bonds is 6. The molecule has 8 heteroatoms. The van der Waals surface area contributed by atoms with Crippen molar-refractivity contribution >= 4 is 17.6 Å². The van der Waals surface area contributed by atoms with Crippen LogP contribution in [0.25, 0.3) is 0 Å². The van der Waals surface area contributed by atoms with Crippen molar-refractivity contribution in [3.05, 3.63) is 69.8 Å². The maximum atomic E-state index is 12.5. The highest BCUT2D eigenvalue weighted by atomic mass is 16.6. The van der Waals surface area contributed by atoms with Crippen LogP contribution < -0.4 is 5.32 Å². The zero-order valence-electron chi connectivity index (χ0n) is 14.3. The topological polar surface area (TPSA) is 119 Å². The third-order valence-electron chi connectivity index (χ3n) is 4.43. The summed E-state index contributed by atoms with van der Waals surface area (Å²) in [6.45, 7) is 0.376. The van der Waals surface area contributed by atoms with Gasteiger partial charge in [-0.3, -0.25) is 19.7 Å². The number of aromatic hydroxyl groups is 1. The molecule has 1 amide bonds. The summed E-state index contributed by atoms with van der Waals surface area (Å²) in [5.41, 5.74) is 1.43. The van der Waals surface area contributed by atoms with E-state index in [1.807, 2.05) is 0 Å². The molecule has 0 radical (unpaired) electrons. The first-order valence-electron chi connectivity index (χ1n) is 8.43. The Morgan fingerprint density at radius 3 is 2.48 bits per heavy atom. The van der Waals surface area contributed by atoms with Crippen molar-refractivity contribution in [2.75, 3.05) is 6.54 Å². The number of carbonyl (C=O) groups is 2. The van der Waals surface area contributed by atoms with Crippen molar-refractivity contribution in [3.8, 4) is 5.75 Å². The molecule has 2 atom stereocenters. The minimum Gasteiger partial charge on any atom is -0.508 e. The van der Waals surface area contributed by atoms with E-state index in [1.54, 1.807) is 24.3 Å². The molecule has 1 aliphatic rings. The number of nitrogens with one attached hydrogen (secondary N) is 1. The van der Waals surface area contributed by atoms with Gasteiger partial charge in [0.25, 0.3) is 5.69 Å². The van der Waals surface area contributed by atoms with Gasteiger partial charge in [-0.2, -0.15) is 0 Å². The number of amides is 1. The molecule has 1 unspecified atom stereocenters. The molecular weight excluding hydrogens is 352 g/mol. The smallest absolute Gasteiger partial charge is 0.307 e. The second-order valence-electron chi connectivity index (χ2n) is 6.28. The molecule has 3 rings (SSSR count). The fourth-order valence-corrected chi connectivity index (χ4v) is 3.00. The van der Waals surface area contributed by atoms with E-state index < -0.39 is 22.9 Å². The van der Waals surface area contributed by atoms with Gasteiger partial charge in [0, 0.05) is 18.7 Å². The van der Waals surface area contributed by atoms with Crippen molar-refractivity contribution in [2.24, 2.45) is 5.92 Å². The Hall–Kier alpha value is -3.42. The zero-order valence-corrected chi connectivity index (χ0v) is 14.3. The number of phenolic OH excluding ortho intramolecular Hbond substituents is 1. The summed E-state index contributed by atoms with van der Waals surface area (Å²) in [5, 5.41) is 22.8. The van der Waals surface area contributed by atoms with Gasteiger partial charge in [0.15, 0.2) is 0 Å². The highest BCUT2D eigenvalue weighted by Gasteiger charge is 2.40. The molecular formula is C19H18N2O6. The quantitative estimate of drug-likeness (QED) is 0.457. The summed E-state index contributed by atoms with van der Waals surface area (Å²) in [5.74, 6) is -1.28. The lowest BCUT2D eigenvalue weighted by atomic mass is 9.94. The molecule has 27 heavy (non-hydrogen) atoms. The van der Waals surface area contributed by atoms with Gasteiger partial charge >= 0.3 is 5.97 Å². The molecule has 140 valence electrons. The lowest BCUT2D eigenvalue weighted by molar-refractivity contribution is -0.384. The number of hydrogen-bond donors (Lipinski definition) is 2. The maximum Gasteiger partial charge on any atom is 0.307 e. The van der Waals surface area contributed by atoms with Crippen LogP contribution in [-0.2, 0) is 20.7 Å². The molecule has 1 aliphatic heterocycles. The van der Waals surface area contributed by atoms with Crippen LogP contribution in [0.3, 0.4) is 0 Å². The minimum absolute atomic E-state index is 0.0350. The molecule has 1 fully saturated rings. The van der Waals surface area contributed by atoms with E-state index in [0.29, 0.717) is 18.5 Å². The molecule has 0 aromatic heterocycles. The summed E-state index contributed by atoms with van der Waals surface area (Å²) in [4.78, 5) is 34.5. The third-order valence-corrected chi connectivity index (χ3v) is 4.43. The predicted molar refractivity (Wildman–Crippen MR) is 94.9 cm³/mol. The van der Waals surface area contributed by atoms with E-state index >= 15 is 0 Å². The van der Waals surface area contributed by atoms with Gasteiger partial charge in [0.05, 0.1) is 17.3 Å². The number of nitro groups is 1. The first kappa shape index (κ1) is 18.4. The van der Waals surface area contributed by atoms with Crippen LogP contribution in [0.4, 0.5) is 5.69 Å². The number of benzene rings is 2. The molecule has 2 aromatic carbocycles. The predicted octanol–water partition coefficient (Wildman–Crippen LogP) is 2.26. The van der Waals surface area contributed by atoms with Gasteiger partial charge in [-0.05, 0) is 41.8 Å². The Bertz CT molecular complexity index is 848. The van der Waals surface area contributed by atoms with E-state index in [0.717, 1.165) is 5.56 Å². The third kappa shape index (κ3) is 4.41. The highest BCUT2D eigenvalue weighted by molar-refractivity contribution is 5.87. The number of hydrogen-bond acceptors (Lipinski definition) is 6. The Balaban J connectivity index is 1.62. The average molecular weight is 370 g/mol. The van der Waals surface area contributed by atoms with Crippen molar-refractivity contribution in [3.63, 3.8) is 0 Å². The van der Waals surface area contributed by atoms with Crippen molar-refractivity contribution in [1.29, 1.82) is 0 Å². The van der Waals surface area contributed by atoms with Gasteiger partial charge in [-0.15, -0.1) is 0 Å². The summed E-state index contributed by atoms with van der Waals surface area (Å²) >= 11 is 0. The number of non-ortho nitro benzene ring substituents is 1. The SMILES string of the molecule is O=C1C[C@H](C(=O)NCCc2ccc(O)cc2)C(c2ccc([N+](=O)[O-])cc2)O1. The minimum atomic E-state index is -0.757. The summed E-state index contributed by atoms with van der Waals surface area (Å²) in [6.07, 6.45) is -0.213. The molecule has 0 bridgehead atoms. The Morgan fingerprint density at radius 1 is 1.19 bits per heavy atom. The van der Waals surface area contributed by atoms with E-state index in [9.17, 15) is 24.8 Å². The molecule has 1 heterocycles. The summed E-state index contributed by atoms with van der Waals surface area (Å²) < 4.78 is 5.26. The number of cyclic esters (lactones) is 1. The van der Waals surface area contributed by atoms with Crippen molar-refractivity contribution < 1.29 is 24.4 Å².